The van der Waals surface area contributed by atoms with Crippen LogP contribution in [0.3, 0.4) is 0 Å². The van der Waals surface area contributed by atoms with Gasteiger partial charge in [-0.25, -0.2) is 0 Å². The summed E-state index contributed by atoms with van der Waals surface area (Å²) in [5.41, 5.74) is -0.469. The number of phenols is 2. The quantitative estimate of drug-likeness (QED) is 0.580. The summed E-state index contributed by atoms with van der Waals surface area (Å²) >= 11 is 0. The molecule has 0 fully saturated rings. The van der Waals surface area contributed by atoms with Crippen LogP contribution in [0.25, 0.3) is 0 Å². The van der Waals surface area contributed by atoms with Crippen LogP contribution in [0.1, 0.15) is 62.4 Å². The van der Waals surface area contributed by atoms with Crippen LogP contribution in [0, 0.1) is 5.92 Å². The van der Waals surface area contributed by atoms with Crippen molar-refractivity contribution in [3.8, 4) is 17.2 Å². The number of aromatic hydroxyl groups is 2. The molecule has 2 aromatic rings. The number of ketones is 3. The predicted octanol–water partition coefficient (Wildman–Crippen LogP) is 2.07. The van der Waals surface area contributed by atoms with E-state index >= 15 is 0 Å². The van der Waals surface area contributed by atoms with Crippen LogP contribution in [0.15, 0.2) is 18.2 Å². The molecule has 28 heavy (non-hydrogen) atoms. The lowest BCUT2D eigenvalue weighted by Crippen LogP contribution is -2.28. The Hall–Kier alpha value is -3.19. The molecule has 2 aliphatic rings. The number of ether oxygens (including phenoxy) is 1. The molecule has 0 aromatic heterocycles. The van der Waals surface area contributed by atoms with Crippen LogP contribution in [0.5, 0.6) is 17.2 Å². The first kappa shape index (κ1) is 18.2. The normalized spacial score (nSPS) is 20.2. The summed E-state index contributed by atoms with van der Waals surface area (Å²) in [6.07, 6.45) is -1.10. The van der Waals surface area contributed by atoms with E-state index in [0.717, 1.165) is 0 Å². The minimum atomic E-state index is -1.24. The molecule has 2 aromatic carbocycles. The SMILES string of the molecule is COc1cccc2c1C(=O)c1c(O)c3c(c(O)c1C2=O)CC(C(C)=O)CC3O. The molecule has 0 aliphatic heterocycles. The molecular weight excluding hydrogens is 364 g/mol. The first-order chi connectivity index (χ1) is 13.3. The maximum Gasteiger partial charge on any atom is 0.202 e. The van der Waals surface area contributed by atoms with Gasteiger partial charge in [-0.2, -0.15) is 0 Å². The Morgan fingerprint density at radius 2 is 1.75 bits per heavy atom. The number of hydrogen-bond donors (Lipinski definition) is 3. The number of carbonyl (C=O) groups excluding carboxylic acids is 3. The highest BCUT2D eigenvalue weighted by Gasteiger charge is 2.42. The van der Waals surface area contributed by atoms with Gasteiger partial charge in [-0.15, -0.1) is 0 Å². The molecule has 4 rings (SSSR count). The molecule has 2 aliphatic carbocycles. The average Bonchev–Trinajstić information content (AvgIpc) is 2.67. The molecule has 3 N–H and O–H groups in total. The summed E-state index contributed by atoms with van der Waals surface area (Å²) in [6.45, 7) is 1.38. The second kappa shape index (κ2) is 6.17. The fraction of sp³-hybridized carbons (Fsp3) is 0.286. The number of rotatable bonds is 2. The van der Waals surface area contributed by atoms with E-state index in [0.29, 0.717) is 0 Å². The molecule has 0 saturated heterocycles. The molecule has 2 unspecified atom stereocenters. The standard InChI is InChI=1S/C21H18O7/c1-8(22)9-6-11-14(12(23)7-9)20(26)17-16(19(11)25)18(24)10-4-3-5-13(28-2)15(10)21(17)27/h3-5,9,12,23,25-26H,6-7H2,1-2H3. The van der Waals surface area contributed by atoms with Crippen molar-refractivity contribution in [3.63, 3.8) is 0 Å². The van der Waals surface area contributed by atoms with E-state index in [-0.39, 0.29) is 57.8 Å². The summed E-state index contributed by atoms with van der Waals surface area (Å²) < 4.78 is 5.19. The first-order valence-corrected chi connectivity index (χ1v) is 8.83. The molecule has 7 heteroatoms. The maximum absolute atomic E-state index is 13.1. The summed E-state index contributed by atoms with van der Waals surface area (Å²) in [4.78, 5) is 38.0. The largest absolute Gasteiger partial charge is 0.507 e. The van der Waals surface area contributed by atoms with Gasteiger partial charge < -0.3 is 20.1 Å². The maximum atomic E-state index is 13.1. The van der Waals surface area contributed by atoms with Gasteiger partial charge in [-0.1, -0.05) is 12.1 Å². The second-order valence-corrected chi connectivity index (χ2v) is 7.14. The zero-order valence-electron chi connectivity index (χ0n) is 15.3. The smallest absolute Gasteiger partial charge is 0.202 e. The highest BCUT2D eigenvalue weighted by atomic mass is 16.5. The lowest BCUT2D eigenvalue weighted by molar-refractivity contribution is -0.122. The topological polar surface area (TPSA) is 121 Å². The van der Waals surface area contributed by atoms with E-state index in [2.05, 4.69) is 0 Å². The van der Waals surface area contributed by atoms with Crippen molar-refractivity contribution >= 4 is 17.3 Å². The van der Waals surface area contributed by atoms with E-state index in [4.69, 9.17) is 4.74 Å². The number of methoxy groups -OCH3 is 1. The molecule has 0 bridgehead atoms. The van der Waals surface area contributed by atoms with Gasteiger partial charge in [0.25, 0.3) is 0 Å². The lowest BCUT2D eigenvalue weighted by atomic mass is 9.74. The van der Waals surface area contributed by atoms with E-state index in [1.807, 2.05) is 0 Å². The van der Waals surface area contributed by atoms with E-state index < -0.39 is 35.1 Å². The van der Waals surface area contributed by atoms with Crippen LogP contribution < -0.4 is 4.74 Å². The minimum Gasteiger partial charge on any atom is -0.507 e. The third-order valence-corrected chi connectivity index (χ3v) is 5.63. The van der Waals surface area contributed by atoms with E-state index in [1.54, 1.807) is 6.07 Å². The molecule has 144 valence electrons. The molecule has 0 amide bonds. The van der Waals surface area contributed by atoms with Crippen molar-refractivity contribution in [2.45, 2.75) is 25.9 Å². The first-order valence-electron chi connectivity index (χ1n) is 8.83. The lowest BCUT2D eigenvalue weighted by Gasteiger charge is -2.31. The molecule has 0 spiro atoms. The van der Waals surface area contributed by atoms with Crippen LogP contribution >= 0.6 is 0 Å². The van der Waals surface area contributed by atoms with Gasteiger partial charge in [0.2, 0.25) is 5.78 Å². The Balaban J connectivity index is 2.02. The number of Topliss-reactive ketones (excluding diaryl/α,β-unsaturated/α-hetero) is 1. The van der Waals surface area contributed by atoms with Gasteiger partial charge in [-0.3, -0.25) is 14.4 Å². The van der Waals surface area contributed by atoms with E-state index in [9.17, 15) is 29.7 Å². The van der Waals surface area contributed by atoms with Gasteiger partial charge >= 0.3 is 0 Å². The van der Waals surface area contributed by atoms with Crippen LogP contribution in [0.2, 0.25) is 0 Å². The van der Waals surface area contributed by atoms with Crippen LogP contribution in [-0.2, 0) is 11.2 Å². The number of hydrogen-bond acceptors (Lipinski definition) is 7. The Kier molecular flexibility index (Phi) is 4.01. The highest BCUT2D eigenvalue weighted by molar-refractivity contribution is 6.31. The van der Waals surface area contributed by atoms with Crippen molar-refractivity contribution in [1.29, 1.82) is 0 Å². The Labute approximate surface area is 160 Å². The number of aliphatic hydroxyl groups is 1. The monoisotopic (exact) mass is 382 g/mol. The number of carbonyl (C=O) groups is 3. The summed E-state index contributed by atoms with van der Waals surface area (Å²) in [5, 5.41) is 32.1. The van der Waals surface area contributed by atoms with Crippen molar-refractivity contribution < 1.29 is 34.4 Å². The van der Waals surface area contributed by atoms with Gasteiger partial charge in [0.1, 0.15) is 23.0 Å². The van der Waals surface area contributed by atoms with E-state index in [1.165, 1.54) is 26.2 Å². The van der Waals surface area contributed by atoms with Gasteiger partial charge in [0.15, 0.2) is 5.78 Å². The molecule has 2 atom stereocenters. The van der Waals surface area contributed by atoms with Crippen LogP contribution in [-0.4, -0.2) is 39.8 Å². The highest BCUT2D eigenvalue weighted by Crippen LogP contribution is 2.50. The third-order valence-electron chi connectivity index (χ3n) is 5.63. The molecule has 0 saturated carbocycles. The van der Waals surface area contributed by atoms with Crippen molar-refractivity contribution in [1.82, 2.24) is 0 Å². The zero-order valence-corrected chi connectivity index (χ0v) is 15.3. The Morgan fingerprint density at radius 1 is 1.07 bits per heavy atom. The summed E-state index contributed by atoms with van der Waals surface area (Å²) in [5.74, 6) is -2.84. The number of benzene rings is 2. The Morgan fingerprint density at radius 3 is 2.39 bits per heavy atom. The van der Waals surface area contributed by atoms with Crippen molar-refractivity contribution in [2.75, 3.05) is 7.11 Å². The average molecular weight is 382 g/mol. The van der Waals surface area contributed by atoms with Gasteiger partial charge in [0, 0.05) is 22.6 Å². The molecule has 0 heterocycles. The Bertz CT molecular complexity index is 1070. The fourth-order valence-electron chi connectivity index (χ4n) is 4.21. The van der Waals surface area contributed by atoms with Gasteiger partial charge in [-0.05, 0) is 25.8 Å². The van der Waals surface area contributed by atoms with Crippen molar-refractivity contribution in [3.05, 3.63) is 51.6 Å². The second-order valence-electron chi connectivity index (χ2n) is 7.14. The van der Waals surface area contributed by atoms with Crippen LogP contribution in [0.4, 0.5) is 0 Å². The summed E-state index contributed by atoms with van der Waals surface area (Å²) in [6, 6.07) is 4.53. The molecule has 0 radical (unpaired) electrons. The number of fused-ring (bicyclic) bond motifs is 3. The number of aliphatic hydroxyl groups excluding tert-OH is 1. The third kappa shape index (κ3) is 2.29. The van der Waals surface area contributed by atoms with Crippen molar-refractivity contribution in [2.24, 2.45) is 5.92 Å². The molecular formula is C21H18O7. The molecule has 7 nitrogen and oxygen atoms in total. The fourth-order valence-corrected chi connectivity index (χ4v) is 4.21. The zero-order chi connectivity index (χ0) is 20.3. The minimum absolute atomic E-state index is 0.00376. The predicted molar refractivity (Wildman–Crippen MR) is 97.1 cm³/mol. The number of phenolic OH excluding ortho intramolecular Hbond substituents is 2. The summed E-state index contributed by atoms with van der Waals surface area (Å²) in [7, 11) is 1.36. The van der Waals surface area contributed by atoms with Gasteiger partial charge in [0.05, 0.1) is 29.9 Å².